The number of nitrogen functional groups attached to an aromatic ring is 1. The first kappa shape index (κ1) is 15.2. The van der Waals surface area contributed by atoms with E-state index in [-0.39, 0.29) is 11.9 Å². The summed E-state index contributed by atoms with van der Waals surface area (Å²) in [6.07, 6.45) is 3.32. The summed E-state index contributed by atoms with van der Waals surface area (Å²) < 4.78 is 12.7. The first-order valence-corrected chi connectivity index (χ1v) is 8.21. The first-order valence-electron chi connectivity index (χ1n) is 6.48. The zero-order valence-corrected chi connectivity index (χ0v) is 12.8. The van der Waals surface area contributed by atoms with Crippen LogP contribution in [0.3, 0.4) is 0 Å². The van der Waals surface area contributed by atoms with E-state index >= 15 is 0 Å². The van der Waals surface area contributed by atoms with E-state index in [0.29, 0.717) is 17.1 Å². The molecule has 112 valence electrons. The molecular weight excluding hydrogens is 288 g/mol. The Hall–Kier alpha value is -2.15. The van der Waals surface area contributed by atoms with Gasteiger partial charge in [-0.25, -0.2) is 4.68 Å². The number of hydrogen-bond donors (Lipinski definition) is 2. The molecule has 7 heteroatoms. The highest BCUT2D eigenvalue weighted by Crippen LogP contribution is 2.10. The molecule has 2 rings (SSSR count). The van der Waals surface area contributed by atoms with Crippen LogP contribution in [0.2, 0.25) is 0 Å². The molecule has 1 amide bonds. The second kappa shape index (κ2) is 6.53. The van der Waals surface area contributed by atoms with Gasteiger partial charge in [-0.15, -0.1) is 0 Å². The van der Waals surface area contributed by atoms with E-state index in [1.807, 2.05) is 19.1 Å². The van der Waals surface area contributed by atoms with Crippen LogP contribution in [0.4, 0.5) is 5.69 Å². The van der Waals surface area contributed by atoms with Crippen molar-refractivity contribution >= 4 is 22.4 Å². The smallest absolute Gasteiger partial charge is 0.272 e. The van der Waals surface area contributed by atoms with Crippen LogP contribution in [0.25, 0.3) is 5.69 Å². The lowest BCUT2D eigenvalue weighted by Crippen LogP contribution is -2.36. The molecule has 2 aromatic rings. The SMILES string of the molecule is CC(CS(C)=O)NC(=O)c1ccn(-c2ccc(N)cc2)n1. The Kier molecular flexibility index (Phi) is 4.74. The number of carbonyl (C=O) groups excluding carboxylic acids is 1. The summed E-state index contributed by atoms with van der Waals surface area (Å²) in [6.45, 7) is 1.82. The molecule has 0 aliphatic heterocycles. The maximum absolute atomic E-state index is 12.0. The number of anilines is 1. The molecule has 1 aromatic carbocycles. The highest BCUT2D eigenvalue weighted by atomic mass is 32.2. The topological polar surface area (TPSA) is 90.0 Å². The molecule has 0 saturated heterocycles. The second-order valence-corrected chi connectivity index (χ2v) is 6.33. The second-order valence-electron chi connectivity index (χ2n) is 4.85. The number of nitrogens with one attached hydrogen (secondary N) is 1. The minimum absolute atomic E-state index is 0.162. The molecule has 0 radical (unpaired) electrons. The van der Waals surface area contributed by atoms with E-state index in [2.05, 4.69) is 10.4 Å². The Morgan fingerprint density at radius 3 is 2.67 bits per heavy atom. The maximum Gasteiger partial charge on any atom is 0.272 e. The lowest BCUT2D eigenvalue weighted by atomic mass is 10.3. The van der Waals surface area contributed by atoms with Crippen LogP contribution in [0.1, 0.15) is 17.4 Å². The largest absolute Gasteiger partial charge is 0.399 e. The molecule has 2 atom stereocenters. The number of hydrogen-bond acceptors (Lipinski definition) is 4. The van der Waals surface area contributed by atoms with Gasteiger partial charge in [-0.2, -0.15) is 5.10 Å². The van der Waals surface area contributed by atoms with Crippen molar-refractivity contribution in [2.45, 2.75) is 13.0 Å². The van der Waals surface area contributed by atoms with Crippen LogP contribution in [-0.2, 0) is 10.8 Å². The molecule has 21 heavy (non-hydrogen) atoms. The molecule has 0 saturated carbocycles. The number of carbonyl (C=O) groups is 1. The fraction of sp³-hybridized carbons (Fsp3) is 0.286. The van der Waals surface area contributed by atoms with Crippen LogP contribution in [-0.4, -0.2) is 37.9 Å². The van der Waals surface area contributed by atoms with Crippen LogP contribution in [0.15, 0.2) is 36.5 Å². The lowest BCUT2D eigenvalue weighted by molar-refractivity contribution is 0.0938. The van der Waals surface area contributed by atoms with Gasteiger partial charge in [0.25, 0.3) is 5.91 Å². The Balaban J connectivity index is 2.07. The molecule has 2 unspecified atom stereocenters. The molecule has 1 aromatic heterocycles. The highest BCUT2D eigenvalue weighted by molar-refractivity contribution is 7.84. The van der Waals surface area contributed by atoms with Gasteiger partial charge < -0.3 is 11.1 Å². The van der Waals surface area contributed by atoms with Crippen LogP contribution in [0.5, 0.6) is 0 Å². The zero-order chi connectivity index (χ0) is 15.4. The van der Waals surface area contributed by atoms with E-state index in [0.717, 1.165) is 5.69 Å². The van der Waals surface area contributed by atoms with Crippen molar-refractivity contribution in [3.63, 3.8) is 0 Å². The third kappa shape index (κ3) is 4.16. The average molecular weight is 306 g/mol. The third-order valence-corrected chi connectivity index (χ3v) is 3.81. The standard InChI is InChI=1S/C14H18N4O2S/c1-10(9-21(2)20)16-14(19)13-7-8-18(17-13)12-5-3-11(15)4-6-12/h3-8,10H,9,15H2,1-2H3,(H,16,19). The summed E-state index contributed by atoms with van der Waals surface area (Å²) in [7, 11) is -0.947. The van der Waals surface area contributed by atoms with Crippen molar-refractivity contribution in [2.75, 3.05) is 17.7 Å². The van der Waals surface area contributed by atoms with E-state index in [4.69, 9.17) is 5.73 Å². The fourth-order valence-corrected chi connectivity index (χ4v) is 2.69. The number of rotatable bonds is 5. The van der Waals surface area contributed by atoms with Crippen molar-refractivity contribution in [3.8, 4) is 5.69 Å². The Bertz CT molecular complexity index is 651. The number of amides is 1. The predicted octanol–water partition coefficient (Wildman–Crippen LogP) is 0.951. The molecule has 0 spiro atoms. The third-order valence-electron chi connectivity index (χ3n) is 2.84. The fourth-order valence-electron chi connectivity index (χ4n) is 1.91. The summed E-state index contributed by atoms with van der Waals surface area (Å²) in [5.41, 5.74) is 7.45. The summed E-state index contributed by atoms with van der Waals surface area (Å²) in [5.74, 6) is 0.145. The van der Waals surface area contributed by atoms with Gasteiger partial charge in [0.2, 0.25) is 0 Å². The molecule has 0 fully saturated rings. The van der Waals surface area contributed by atoms with Gasteiger partial charge in [0.1, 0.15) is 0 Å². The summed E-state index contributed by atoms with van der Waals surface area (Å²) in [4.78, 5) is 12.0. The molecular formula is C14H18N4O2S. The van der Waals surface area contributed by atoms with E-state index in [9.17, 15) is 9.00 Å². The van der Waals surface area contributed by atoms with Gasteiger partial charge in [0.15, 0.2) is 5.69 Å². The maximum atomic E-state index is 12.0. The van der Waals surface area contributed by atoms with E-state index < -0.39 is 10.8 Å². The summed E-state index contributed by atoms with van der Waals surface area (Å²) >= 11 is 0. The number of nitrogens with zero attached hydrogens (tertiary/aromatic N) is 2. The lowest BCUT2D eigenvalue weighted by Gasteiger charge is -2.10. The molecule has 6 nitrogen and oxygen atoms in total. The monoisotopic (exact) mass is 306 g/mol. The summed E-state index contributed by atoms with van der Waals surface area (Å²) in [6, 6.07) is 8.68. The predicted molar refractivity (Wildman–Crippen MR) is 83.8 cm³/mol. The van der Waals surface area contributed by atoms with Gasteiger partial charge in [0.05, 0.1) is 5.69 Å². The van der Waals surface area contributed by atoms with Crippen molar-refractivity contribution in [2.24, 2.45) is 0 Å². The van der Waals surface area contributed by atoms with Crippen molar-refractivity contribution in [1.82, 2.24) is 15.1 Å². The van der Waals surface area contributed by atoms with Crippen molar-refractivity contribution in [3.05, 3.63) is 42.2 Å². The molecule has 3 N–H and O–H groups in total. The van der Waals surface area contributed by atoms with Gasteiger partial charge in [0, 0.05) is 40.7 Å². The quantitative estimate of drug-likeness (QED) is 0.805. The van der Waals surface area contributed by atoms with E-state index in [1.165, 1.54) is 0 Å². The molecule has 1 heterocycles. The normalized spacial score (nSPS) is 13.6. The van der Waals surface area contributed by atoms with Crippen molar-refractivity contribution in [1.29, 1.82) is 0 Å². The minimum Gasteiger partial charge on any atom is -0.399 e. The Morgan fingerprint density at radius 2 is 2.05 bits per heavy atom. The van der Waals surface area contributed by atoms with Gasteiger partial charge in [-0.1, -0.05) is 0 Å². The van der Waals surface area contributed by atoms with E-state index in [1.54, 1.807) is 35.3 Å². The average Bonchev–Trinajstić information content (AvgIpc) is 2.88. The van der Waals surface area contributed by atoms with Crippen molar-refractivity contribution < 1.29 is 9.00 Å². The van der Waals surface area contributed by atoms with Crippen LogP contribution < -0.4 is 11.1 Å². The molecule has 0 aliphatic rings. The van der Waals surface area contributed by atoms with Gasteiger partial charge >= 0.3 is 0 Å². The van der Waals surface area contributed by atoms with Crippen LogP contribution in [0, 0.1) is 0 Å². The number of nitrogens with two attached hydrogens (primary N) is 1. The highest BCUT2D eigenvalue weighted by Gasteiger charge is 2.13. The van der Waals surface area contributed by atoms with Gasteiger partial charge in [-0.05, 0) is 37.3 Å². The number of aromatic nitrogens is 2. The summed E-state index contributed by atoms with van der Waals surface area (Å²) in [5, 5.41) is 7.00. The minimum atomic E-state index is -0.947. The van der Waals surface area contributed by atoms with Gasteiger partial charge in [-0.3, -0.25) is 9.00 Å². The zero-order valence-electron chi connectivity index (χ0n) is 11.9. The molecule has 0 bridgehead atoms. The molecule has 0 aliphatic carbocycles. The Morgan fingerprint density at radius 1 is 1.38 bits per heavy atom. The first-order chi connectivity index (χ1) is 9.95. The number of benzene rings is 1. The Labute approximate surface area is 125 Å². The van der Waals surface area contributed by atoms with Crippen LogP contribution >= 0.6 is 0 Å².